The number of rotatable bonds is 14. The summed E-state index contributed by atoms with van der Waals surface area (Å²) in [5.74, 6) is -0.563. The summed E-state index contributed by atoms with van der Waals surface area (Å²) >= 11 is 1.08. The summed E-state index contributed by atoms with van der Waals surface area (Å²) in [4.78, 5) is 27.0. The third-order valence-electron chi connectivity index (χ3n) is 4.00. The lowest BCUT2D eigenvalue weighted by atomic mass is 10.2. The molecule has 1 aromatic heterocycles. The Morgan fingerprint density at radius 2 is 2.23 bits per heavy atom. The molecule has 1 atom stereocenters. The summed E-state index contributed by atoms with van der Waals surface area (Å²) < 4.78 is 14.5. The smallest absolute Gasteiger partial charge is 0.324 e. The van der Waals surface area contributed by atoms with Crippen LogP contribution in [0.5, 0.6) is 0 Å². The molecule has 2 rings (SSSR count). The number of benzene rings is 1. The molecule has 0 aliphatic carbocycles. The van der Waals surface area contributed by atoms with E-state index >= 15 is 0 Å². The molecule has 0 aliphatic rings. The van der Waals surface area contributed by atoms with E-state index < -0.39 is 23.5 Å². The summed E-state index contributed by atoms with van der Waals surface area (Å²) in [6, 6.07) is 7.44. The maximum atomic E-state index is 14.5. The number of anilines is 2. The van der Waals surface area contributed by atoms with Crippen LogP contribution in [0.25, 0.3) is 0 Å². The number of nitrogens with one attached hydrogen (secondary N) is 3. The number of nitro groups is 1. The van der Waals surface area contributed by atoms with Crippen LogP contribution in [0, 0.1) is 26.2 Å². The minimum Gasteiger partial charge on any atom is -0.392 e. The molecule has 162 valence electrons. The Kier molecular flexibility index (Phi) is 9.05. The zero-order valence-electron chi connectivity index (χ0n) is 15.8. The molecule has 1 aromatic carbocycles. The molecule has 11 nitrogen and oxygen atoms in total. The number of thiophene rings is 1. The van der Waals surface area contributed by atoms with Crippen LogP contribution in [0.4, 0.5) is 20.8 Å². The van der Waals surface area contributed by atoms with Crippen molar-refractivity contribution in [3.8, 4) is 0 Å². The number of hydrogen-bond acceptors (Lipinski definition) is 10. The molecule has 0 bridgehead atoms. The van der Waals surface area contributed by atoms with Crippen molar-refractivity contribution in [1.82, 2.24) is 5.32 Å². The largest absolute Gasteiger partial charge is 0.392 e. The highest BCUT2D eigenvalue weighted by molar-refractivity contribution is 7.15. The molecule has 0 aliphatic heterocycles. The van der Waals surface area contributed by atoms with E-state index in [-0.39, 0.29) is 17.2 Å². The molecule has 1 heterocycles. The highest BCUT2D eigenvalue weighted by Crippen LogP contribution is 2.24. The van der Waals surface area contributed by atoms with Gasteiger partial charge in [-0.25, -0.2) is 4.39 Å². The van der Waals surface area contributed by atoms with Crippen molar-refractivity contribution in [2.24, 2.45) is 5.34 Å². The first kappa shape index (κ1) is 23.1. The molecular formula is C17H21FN6O5S. The van der Waals surface area contributed by atoms with Gasteiger partial charge in [0.1, 0.15) is 5.82 Å². The van der Waals surface area contributed by atoms with Crippen molar-refractivity contribution in [2.45, 2.75) is 12.6 Å². The Morgan fingerprint density at radius 1 is 1.43 bits per heavy atom. The first-order chi connectivity index (χ1) is 14.5. The average molecular weight is 440 g/mol. The van der Waals surface area contributed by atoms with Gasteiger partial charge in [0.25, 0.3) is 0 Å². The second-order valence-corrected chi connectivity index (χ2v) is 7.17. The van der Waals surface area contributed by atoms with Gasteiger partial charge in [-0.1, -0.05) is 11.3 Å². The van der Waals surface area contributed by atoms with Crippen molar-refractivity contribution >= 4 is 34.1 Å². The molecule has 0 saturated heterocycles. The summed E-state index contributed by atoms with van der Waals surface area (Å²) in [6.07, 6.45) is 0.161. The monoisotopic (exact) mass is 440 g/mol. The van der Waals surface area contributed by atoms with Crippen molar-refractivity contribution in [3.63, 3.8) is 0 Å². The van der Waals surface area contributed by atoms with Crippen molar-refractivity contribution < 1.29 is 19.3 Å². The van der Waals surface area contributed by atoms with Crippen LogP contribution in [0.15, 0.2) is 35.7 Å². The van der Waals surface area contributed by atoms with Gasteiger partial charge in [0, 0.05) is 36.3 Å². The molecule has 0 saturated carbocycles. The third-order valence-corrected chi connectivity index (χ3v) is 5.04. The van der Waals surface area contributed by atoms with Crippen molar-refractivity contribution in [3.05, 3.63) is 56.0 Å². The van der Waals surface area contributed by atoms with Crippen LogP contribution < -0.4 is 15.5 Å². The predicted octanol–water partition coefficient (Wildman–Crippen LogP) is 2.47. The third kappa shape index (κ3) is 6.72. The van der Waals surface area contributed by atoms with Gasteiger partial charge in [0.2, 0.25) is 0 Å². The van der Waals surface area contributed by atoms with Crippen molar-refractivity contribution in [1.29, 1.82) is 5.41 Å². The minimum atomic E-state index is -0.848. The topological polar surface area (TPSA) is 153 Å². The molecule has 30 heavy (non-hydrogen) atoms. The summed E-state index contributed by atoms with van der Waals surface area (Å²) in [5.41, 5.74) is 0.611. The maximum Gasteiger partial charge on any atom is 0.324 e. The Hall–Kier alpha value is -3.16. The molecular weight excluding hydrogens is 419 g/mol. The van der Waals surface area contributed by atoms with E-state index in [4.69, 9.17) is 10.5 Å². The second-order valence-electron chi connectivity index (χ2n) is 6.03. The first-order valence-electron chi connectivity index (χ1n) is 8.82. The van der Waals surface area contributed by atoms with Gasteiger partial charge in [-0.15, -0.1) is 4.91 Å². The fourth-order valence-corrected chi connectivity index (χ4v) is 3.29. The molecule has 1 unspecified atom stereocenters. The Bertz CT molecular complexity index is 867. The van der Waals surface area contributed by atoms with Gasteiger partial charge < -0.3 is 25.5 Å². The fraction of sp³-hybridized carbons (Fsp3) is 0.353. The average Bonchev–Trinajstić information content (AvgIpc) is 3.21. The number of aliphatic hydroxyl groups is 1. The molecule has 0 fully saturated rings. The molecule has 13 heteroatoms. The first-order valence-corrected chi connectivity index (χ1v) is 9.64. The Labute approximate surface area is 175 Å². The van der Waals surface area contributed by atoms with E-state index in [2.05, 4.69) is 20.8 Å². The lowest BCUT2D eigenvalue weighted by Crippen LogP contribution is -2.31. The predicted molar refractivity (Wildman–Crippen MR) is 111 cm³/mol. The number of aliphatic hydroxyl groups excluding tert-OH is 1. The van der Waals surface area contributed by atoms with Crippen LogP contribution in [0.3, 0.4) is 0 Å². The maximum absolute atomic E-state index is 14.5. The van der Waals surface area contributed by atoms with E-state index in [9.17, 15) is 19.4 Å². The minimum absolute atomic E-state index is 0.0557. The van der Waals surface area contributed by atoms with E-state index in [1.165, 1.54) is 23.1 Å². The van der Waals surface area contributed by atoms with Gasteiger partial charge in [-0.05, 0) is 24.3 Å². The fourth-order valence-electron chi connectivity index (χ4n) is 2.50. The van der Waals surface area contributed by atoms with Crippen LogP contribution in [0.2, 0.25) is 0 Å². The number of hydrogen-bond donors (Lipinski definition) is 4. The van der Waals surface area contributed by atoms with E-state index in [0.29, 0.717) is 25.3 Å². The van der Waals surface area contributed by atoms with Gasteiger partial charge in [0.15, 0.2) is 11.4 Å². The molecule has 0 amide bonds. The summed E-state index contributed by atoms with van der Waals surface area (Å²) in [5, 5.41) is 35.5. The molecule has 2 aromatic rings. The summed E-state index contributed by atoms with van der Waals surface area (Å²) in [7, 11) is 0. The Morgan fingerprint density at radius 3 is 2.83 bits per heavy atom. The van der Waals surface area contributed by atoms with Gasteiger partial charge >= 0.3 is 5.00 Å². The standard InChI is InChI=1S/C17H21FN6O5S/c18-15-7-12(21-8-13(10-25)29-22-26)1-3-16(15)23(11-19)6-5-20-9-14-2-4-17(30-14)24(27)28/h1-4,7,11,13,19-21,25H,5-6,8-10H2. The number of halogens is 1. The van der Waals surface area contributed by atoms with E-state index in [0.717, 1.165) is 22.6 Å². The quantitative estimate of drug-likeness (QED) is 0.0872. The number of nitrogens with zero attached hydrogens (tertiary/aromatic N) is 3. The highest BCUT2D eigenvalue weighted by atomic mass is 32.1. The molecule has 0 radical (unpaired) electrons. The van der Waals surface area contributed by atoms with Crippen LogP contribution in [-0.4, -0.2) is 48.7 Å². The zero-order valence-corrected chi connectivity index (χ0v) is 16.6. The van der Waals surface area contributed by atoms with E-state index in [1.54, 1.807) is 12.1 Å². The van der Waals surface area contributed by atoms with E-state index in [1.807, 2.05) is 0 Å². The normalized spacial score (nSPS) is 11.5. The molecule has 0 spiro atoms. The zero-order chi connectivity index (χ0) is 21.9. The van der Waals surface area contributed by atoms with Crippen molar-refractivity contribution in [2.75, 3.05) is 36.5 Å². The summed E-state index contributed by atoms with van der Waals surface area (Å²) in [6.45, 7) is 0.799. The lowest BCUT2D eigenvalue weighted by Gasteiger charge is -2.21. The van der Waals surface area contributed by atoms with Crippen LogP contribution in [-0.2, 0) is 11.4 Å². The highest BCUT2D eigenvalue weighted by Gasteiger charge is 2.13. The van der Waals surface area contributed by atoms with Crippen LogP contribution in [0.1, 0.15) is 4.88 Å². The van der Waals surface area contributed by atoms with Gasteiger partial charge in [-0.2, -0.15) is 0 Å². The lowest BCUT2D eigenvalue weighted by molar-refractivity contribution is -0.380. The Balaban J connectivity index is 1.86. The van der Waals surface area contributed by atoms with Gasteiger partial charge in [-0.3, -0.25) is 15.5 Å². The second kappa shape index (κ2) is 11.7. The SMILES string of the molecule is N=CN(CCNCc1ccc([N+](=O)[O-])s1)c1ccc(NCC(CO)ON=O)cc1F. The van der Waals surface area contributed by atoms with Gasteiger partial charge in [0.05, 0.1) is 30.1 Å². The molecule has 4 N–H and O–H groups in total. The van der Waals surface area contributed by atoms with Crippen LogP contribution >= 0.6 is 11.3 Å².